The fraction of sp³-hybridized carbons (Fsp3) is 0.714. The number of nitrogens with one attached hydrogen (secondary N) is 2. The first-order valence-corrected chi connectivity index (χ1v) is 11.0. The van der Waals surface area contributed by atoms with Crippen molar-refractivity contribution in [1.82, 2.24) is 24.5 Å². The van der Waals surface area contributed by atoms with Crippen LogP contribution in [0.1, 0.15) is 60.1 Å². The minimum atomic E-state index is -0.536. The Hall–Kier alpha value is -2.62. The van der Waals surface area contributed by atoms with Gasteiger partial charge in [-0.1, -0.05) is 13.8 Å². The lowest BCUT2D eigenvalue weighted by Crippen LogP contribution is -2.36. The molecule has 0 unspecified atom stereocenters. The molecule has 0 spiro atoms. The summed E-state index contributed by atoms with van der Waals surface area (Å²) in [7, 11) is 0. The summed E-state index contributed by atoms with van der Waals surface area (Å²) in [6.45, 7) is 12.5. The summed E-state index contributed by atoms with van der Waals surface area (Å²) in [5.74, 6) is 1.03. The van der Waals surface area contributed by atoms with Crippen LogP contribution in [0.3, 0.4) is 0 Å². The summed E-state index contributed by atoms with van der Waals surface area (Å²) in [6, 6.07) is -0.132. The van der Waals surface area contributed by atoms with E-state index in [1.165, 1.54) is 0 Å². The van der Waals surface area contributed by atoms with E-state index < -0.39 is 11.7 Å². The number of nitrogens with zero attached hydrogens (tertiary/aromatic N) is 5. The highest BCUT2D eigenvalue weighted by Crippen LogP contribution is 2.22. The van der Waals surface area contributed by atoms with E-state index in [0.717, 1.165) is 25.0 Å². The van der Waals surface area contributed by atoms with Gasteiger partial charge in [0.15, 0.2) is 11.5 Å². The zero-order valence-electron chi connectivity index (χ0n) is 19.3. The summed E-state index contributed by atoms with van der Waals surface area (Å²) in [4.78, 5) is 23.2. The number of aliphatic hydroxyl groups excluding tert-OH is 1. The SMILES string of the molecule is CCc1cnc2c(N[C@H]3CCN(C(=O)OC(C)(C)C)C3)nc(N[C@@H](CC)[C@@H](C)O)nn12. The number of carbonyl (C=O) groups excluding carboxylic acids is 1. The molecule has 0 bridgehead atoms. The summed E-state index contributed by atoms with van der Waals surface area (Å²) >= 11 is 0. The van der Waals surface area contributed by atoms with E-state index in [2.05, 4.69) is 25.7 Å². The molecule has 1 fully saturated rings. The van der Waals surface area contributed by atoms with E-state index in [1.54, 1.807) is 22.5 Å². The molecule has 0 aromatic carbocycles. The van der Waals surface area contributed by atoms with Gasteiger partial charge in [-0.25, -0.2) is 14.3 Å². The van der Waals surface area contributed by atoms with Crippen molar-refractivity contribution in [3.8, 4) is 0 Å². The van der Waals surface area contributed by atoms with Gasteiger partial charge in [-0.3, -0.25) is 0 Å². The van der Waals surface area contributed by atoms with Crippen LogP contribution in [0.5, 0.6) is 0 Å². The van der Waals surface area contributed by atoms with E-state index in [9.17, 15) is 9.90 Å². The van der Waals surface area contributed by atoms with Crippen LogP contribution in [-0.4, -0.2) is 72.6 Å². The third kappa shape index (κ3) is 5.55. The molecule has 31 heavy (non-hydrogen) atoms. The Bertz CT molecular complexity index is 906. The topological polar surface area (TPSA) is 117 Å². The number of hydrogen-bond donors (Lipinski definition) is 3. The van der Waals surface area contributed by atoms with Gasteiger partial charge in [0.2, 0.25) is 5.95 Å². The van der Waals surface area contributed by atoms with Gasteiger partial charge >= 0.3 is 6.09 Å². The number of hydrogen-bond acceptors (Lipinski definition) is 8. The predicted molar refractivity (Wildman–Crippen MR) is 119 cm³/mol. The molecule has 3 atom stereocenters. The number of fused-ring (bicyclic) bond motifs is 1. The number of aliphatic hydroxyl groups is 1. The van der Waals surface area contributed by atoms with E-state index in [1.807, 2.05) is 34.6 Å². The van der Waals surface area contributed by atoms with Crippen molar-refractivity contribution in [2.45, 2.75) is 84.6 Å². The Morgan fingerprint density at radius 2 is 2.13 bits per heavy atom. The zero-order valence-corrected chi connectivity index (χ0v) is 19.3. The molecule has 3 rings (SSSR count). The van der Waals surface area contributed by atoms with E-state index in [-0.39, 0.29) is 18.2 Å². The molecule has 0 aliphatic carbocycles. The normalized spacial score (nSPS) is 18.8. The molecular weight excluding hydrogens is 398 g/mol. The average Bonchev–Trinajstić information content (AvgIpc) is 3.31. The Kier molecular flexibility index (Phi) is 6.88. The quantitative estimate of drug-likeness (QED) is 0.610. The number of carbonyl (C=O) groups is 1. The van der Waals surface area contributed by atoms with Crippen LogP contribution in [0.4, 0.5) is 16.6 Å². The molecule has 2 aromatic rings. The van der Waals surface area contributed by atoms with Crippen LogP contribution >= 0.6 is 0 Å². The number of aromatic nitrogens is 4. The fourth-order valence-corrected chi connectivity index (χ4v) is 3.62. The highest BCUT2D eigenvalue weighted by Gasteiger charge is 2.30. The Morgan fingerprint density at radius 1 is 1.39 bits per heavy atom. The Morgan fingerprint density at radius 3 is 2.74 bits per heavy atom. The summed E-state index contributed by atoms with van der Waals surface area (Å²) < 4.78 is 7.27. The molecule has 0 radical (unpaired) electrons. The maximum atomic E-state index is 12.4. The molecule has 1 aliphatic heterocycles. The van der Waals surface area contributed by atoms with Crippen molar-refractivity contribution in [3.05, 3.63) is 11.9 Å². The first-order chi connectivity index (χ1) is 14.6. The first kappa shape index (κ1) is 23.1. The average molecular weight is 434 g/mol. The lowest BCUT2D eigenvalue weighted by Gasteiger charge is -2.24. The van der Waals surface area contributed by atoms with Gasteiger partial charge < -0.3 is 25.4 Å². The van der Waals surface area contributed by atoms with Crippen LogP contribution in [0.2, 0.25) is 0 Å². The highest BCUT2D eigenvalue weighted by atomic mass is 16.6. The number of aryl methyl sites for hydroxylation is 1. The van der Waals surface area contributed by atoms with Crippen molar-refractivity contribution >= 4 is 23.5 Å². The molecule has 10 nitrogen and oxygen atoms in total. The molecule has 1 amide bonds. The van der Waals surface area contributed by atoms with Crippen molar-refractivity contribution < 1.29 is 14.6 Å². The standard InChI is InChI=1S/C21H35N7O3/c1-7-15-11-22-18-17(25-19(26-28(15)18)24-16(8-2)13(3)29)23-14-9-10-27(12-14)20(30)31-21(4,5)6/h11,13-14,16,29H,7-10,12H2,1-6H3,(H2,23,24,25,26)/t13-,14+,16+/m1/s1. The Labute approximate surface area is 183 Å². The van der Waals surface area contributed by atoms with Crippen LogP contribution in [-0.2, 0) is 11.2 Å². The largest absolute Gasteiger partial charge is 0.444 e. The zero-order chi connectivity index (χ0) is 22.8. The molecule has 0 saturated carbocycles. The molecule has 172 valence electrons. The monoisotopic (exact) mass is 433 g/mol. The minimum absolute atomic E-state index is 0.0274. The highest BCUT2D eigenvalue weighted by molar-refractivity contribution is 5.69. The second-order valence-corrected chi connectivity index (χ2v) is 9.08. The molecule has 1 aliphatic rings. The van der Waals surface area contributed by atoms with Crippen molar-refractivity contribution in [2.75, 3.05) is 23.7 Å². The van der Waals surface area contributed by atoms with Crippen LogP contribution in [0, 0.1) is 0 Å². The number of rotatable bonds is 7. The number of likely N-dealkylation sites (tertiary alicyclic amines) is 1. The van der Waals surface area contributed by atoms with Crippen LogP contribution in [0.15, 0.2) is 6.20 Å². The number of amides is 1. The predicted octanol–water partition coefficient (Wildman–Crippen LogP) is 2.68. The second kappa shape index (κ2) is 9.25. The van der Waals surface area contributed by atoms with Crippen LogP contribution in [0.25, 0.3) is 5.65 Å². The van der Waals surface area contributed by atoms with Gasteiger partial charge in [0, 0.05) is 19.1 Å². The van der Waals surface area contributed by atoms with Crippen molar-refractivity contribution in [3.63, 3.8) is 0 Å². The van der Waals surface area contributed by atoms with Crippen molar-refractivity contribution in [2.24, 2.45) is 0 Å². The van der Waals surface area contributed by atoms with Gasteiger partial charge in [0.1, 0.15) is 5.60 Å². The third-order valence-electron chi connectivity index (χ3n) is 5.31. The molecule has 3 heterocycles. The third-order valence-corrected chi connectivity index (χ3v) is 5.31. The maximum absolute atomic E-state index is 12.4. The number of imidazole rings is 1. The summed E-state index contributed by atoms with van der Waals surface area (Å²) in [5, 5.41) is 21.3. The minimum Gasteiger partial charge on any atom is -0.444 e. The molecule has 2 aromatic heterocycles. The smallest absolute Gasteiger partial charge is 0.410 e. The molecular formula is C21H35N7O3. The molecule has 3 N–H and O–H groups in total. The van der Waals surface area contributed by atoms with Crippen LogP contribution < -0.4 is 10.6 Å². The summed E-state index contributed by atoms with van der Waals surface area (Å²) in [5.41, 5.74) is 1.09. The lowest BCUT2D eigenvalue weighted by molar-refractivity contribution is 0.0293. The molecule has 10 heteroatoms. The van der Waals surface area contributed by atoms with Gasteiger partial charge in [-0.15, -0.1) is 5.10 Å². The van der Waals surface area contributed by atoms with Crippen molar-refractivity contribution in [1.29, 1.82) is 0 Å². The van der Waals surface area contributed by atoms with Gasteiger partial charge in [0.25, 0.3) is 0 Å². The second-order valence-electron chi connectivity index (χ2n) is 9.08. The maximum Gasteiger partial charge on any atom is 0.410 e. The van der Waals surface area contributed by atoms with E-state index >= 15 is 0 Å². The van der Waals surface area contributed by atoms with Gasteiger partial charge in [-0.05, 0) is 47.0 Å². The number of ether oxygens (including phenoxy) is 1. The first-order valence-electron chi connectivity index (χ1n) is 11.0. The van der Waals surface area contributed by atoms with Gasteiger partial charge in [0.05, 0.1) is 24.0 Å². The lowest BCUT2D eigenvalue weighted by atomic mass is 10.1. The Balaban J connectivity index is 1.81. The van der Waals surface area contributed by atoms with Gasteiger partial charge in [-0.2, -0.15) is 4.98 Å². The molecule has 1 saturated heterocycles. The fourth-order valence-electron chi connectivity index (χ4n) is 3.62. The summed E-state index contributed by atoms with van der Waals surface area (Å²) in [6.07, 6.45) is 3.26. The van der Waals surface area contributed by atoms with E-state index in [0.29, 0.717) is 30.5 Å². The number of anilines is 2. The van der Waals surface area contributed by atoms with E-state index in [4.69, 9.17) is 4.74 Å².